The van der Waals surface area contributed by atoms with Crippen molar-refractivity contribution in [2.24, 2.45) is 10.9 Å². The highest BCUT2D eigenvalue weighted by Gasteiger charge is 2.15. The number of ether oxygens (including phenoxy) is 1. The Morgan fingerprint density at radius 1 is 1.17 bits per heavy atom. The van der Waals surface area contributed by atoms with E-state index in [1.54, 1.807) is 0 Å². The molecule has 1 aliphatic rings. The number of aliphatic imine (C=N–C) groups is 1. The van der Waals surface area contributed by atoms with Crippen LogP contribution in [0.1, 0.15) is 27.2 Å². The van der Waals surface area contributed by atoms with E-state index in [1.165, 1.54) is 26.2 Å². The van der Waals surface area contributed by atoms with Gasteiger partial charge < -0.3 is 25.2 Å². The molecule has 0 aliphatic carbocycles. The van der Waals surface area contributed by atoms with Gasteiger partial charge >= 0.3 is 0 Å². The van der Waals surface area contributed by atoms with Crippen LogP contribution >= 0.6 is 24.0 Å². The first-order valence-corrected chi connectivity index (χ1v) is 9.16. The SMILES string of the molecule is CCNC(=NCC(C)CN1CCN(C)CC1)NCCCOCC.I. The van der Waals surface area contributed by atoms with Crippen LogP contribution in [-0.2, 0) is 4.74 Å². The first kappa shape index (κ1) is 23.9. The molecule has 0 aromatic heterocycles. The molecule has 1 unspecified atom stereocenters. The van der Waals surface area contributed by atoms with Crippen LogP contribution in [-0.4, -0.2) is 88.4 Å². The number of nitrogens with one attached hydrogen (secondary N) is 2. The molecule has 2 N–H and O–H groups in total. The number of likely N-dealkylation sites (N-methyl/N-ethyl adjacent to an activating group) is 1. The molecular weight excluding hydrogens is 417 g/mol. The van der Waals surface area contributed by atoms with Gasteiger partial charge in [-0.15, -0.1) is 24.0 Å². The summed E-state index contributed by atoms with van der Waals surface area (Å²) in [6.07, 6.45) is 1.01. The molecule has 0 spiro atoms. The van der Waals surface area contributed by atoms with Crippen molar-refractivity contribution in [2.75, 3.05) is 72.6 Å². The quantitative estimate of drug-likeness (QED) is 0.226. The Kier molecular flexibility index (Phi) is 15.1. The third kappa shape index (κ3) is 11.4. The average Bonchev–Trinajstić information content (AvgIpc) is 2.54. The van der Waals surface area contributed by atoms with Gasteiger partial charge in [0.15, 0.2) is 5.96 Å². The standard InChI is InChI=1S/C17H37N5O.HI/c1-5-18-17(19-8-7-13-23-6-2)20-14-16(3)15-22-11-9-21(4)10-12-22;/h16H,5-15H2,1-4H3,(H2,18,19,20);1H. The predicted molar refractivity (Wildman–Crippen MR) is 114 cm³/mol. The molecule has 1 aliphatic heterocycles. The first-order chi connectivity index (χ1) is 11.2. The maximum Gasteiger partial charge on any atom is 0.191 e. The van der Waals surface area contributed by atoms with Crippen molar-refractivity contribution in [2.45, 2.75) is 27.2 Å². The lowest BCUT2D eigenvalue weighted by molar-refractivity contribution is 0.140. The number of guanidine groups is 1. The number of rotatable bonds is 10. The lowest BCUT2D eigenvalue weighted by Gasteiger charge is -2.33. The molecule has 144 valence electrons. The van der Waals surface area contributed by atoms with Crippen LogP contribution < -0.4 is 10.6 Å². The van der Waals surface area contributed by atoms with Crippen molar-refractivity contribution < 1.29 is 4.74 Å². The fourth-order valence-electron chi connectivity index (χ4n) is 2.64. The number of nitrogens with zero attached hydrogens (tertiary/aromatic N) is 3. The molecule has 1 rings (SSSR count). The van der Waals surface area contributed by atoms with Crippen molar-refractivity contribution in [3.8, 4) is 0 Å². The maximum atomic E-state index is 5.36. The molecule has 0 aromatic rings. The van der Waals surface area contributed by atoms with Gasteiger partial charge in [0, 0.05) is 65.6 Å². The summed E-state index contributed by atoms with van der Waals surface area (Å²) in [7, 11) is 2.20. The van der Waals surface area contributed by atoms with Crippen molar-refractivity contribution in [1.82, 2.24) is 20.4 Å². The molecule has 0 amide bonds. The van der Waals surface area contributed by atoms with Crippen LogP contribution in [0.3, 0.4) is 0 Å². The minimum atomic E-state index is 0. The van der Waals surface area contributed by atoms with Crippen LogP contribution in [0.2, 0.25) is 0 Å². The summed E-state index contributed by atoms with van der Waals surface area (Å²) in [4.78, 5) is 9.68. The Balaban J connectivity index is 0.00000529. The zero-order valence-electron chi connectivity index (χ0n) is 16.0. The number of piperazine rings is 1. The Bertz CT molecular complexity index is 322. The second kappa shape index (κ2) is 15.2. The summed E-state index contributed by atoms with van der Waals surface area (Å²) in [6, 6.07) is 0. The molecule has 1 saturated heterocycles. The van der Waals surface area contributed by atoms with Crippen molar-refractivity contribution >= 4 is 29.9 Å². The van der Waals surface area contributed by atoms with Gasteiger partial charge in [-0.2, -0.15) is 0 Å². The van der Waals surface area contributed by atoms with Gasteiger partial charge in [0.2, 0.25) is 0 Å². The van der Waals surface area contributed by atoms with Crippen LogP contribution in [0.5, 0.6) is 0 Å². The molecule has 1 heterocycles. The molecule has 24 heavy (non-hydrogen) atoms. The molecule has 0 aromatic carbocycles. The Hall–Kier alpha value is -0.120. The van der Waals surface area contributed by atoms with Crippen LogP contribution in [0.15, 0.2) is 4.99 Å². The predicted octanol–water partition coefficient (Wildman–Crippen LogP) is 1.47. The molecule has 0 bridgehead atoms. The van der Waals surface area contributed by atoms with E-state index in [9.17, 15) is 0 Å². The number of hydrogen-bond acceptors (Lipinski definition) is 4. The first-order valence-electron chi connectivity index (χ1n) is 9.16. The lowest BCUT2D eigenvalue weighted by Crippen LogP contribution is -2.46. The minimum Gasteiger partial charge on any atom is -0.382 e. The summed E-state index contributed by atoms with van der Waals surface area (Å²) in [6.45, 7) is 16.5. The topological polar surface area (TPSA) is 52.1 Å². The summed E-state index contributed by atoms with van der Waals surface area (Å²) < 4.78 is 5.36. The zero-order chi connectivity index (χ0) is 16.9. The van der Waals surface area contributed by atoms with Gasteiger partial charge in [-0.05, 0) is 33.2 Å². The van der Waals surface area contributed by atoms with E-state index >= 15 is 0 Å². The fourth-order valence-corrected chi connectivity index (χ4v) is 2.64. The van der Waals surface area contributed by atoms with Gasteiger partial charge in [0.1, 0.15) is 0 Å². The van der Waals surface area contributed by atoms with Crippen molar-refractivity contribution in [1.29, 1.82) is 0 Å². The Morgan fingerprint density at radius 2 is 1.88 bits per heavy atom. The zero-order valence-corrected chi connectivity index (χ0v) is 18.3. The average molecular weight is 455 g/mol. The summed E-state index contributed by atoms with van der Waals surface area (Å²) in [5.41, 5.74) is 0. The van der Waals surface area contributed by atoms with E-state index < -0.39 is 0 Å². The van der Waals surface area contributed by atoms with Crippen LogP contribution in [0.4, 0.5) is 0 Å². The molecule has 6 nitrogen and oxygen atoms in total. The van der Waals surface area contributed by atoms with E-state index in [-0.39, 0.29) is 24.0 Å². The largest absolute Gasteiger partial charge is 0.382 e. The molecular formula is C17H38IN5O. The highest BCUT2D eigenvalue weighted by Crippen LogP contribution is 2.04. The van der Waals surface area contributed by atoms with E-state index in [0.717, 1.165) is 51.8 Å². The molecule has 0 saturated carbocycles. The van der Waals surface area contributed by atoms with Gasteiger partial charge in [0.25, 0.3) is 0 Å². The van der Waals surface area contributed by atoms with Crippen LogP contribution in [0, 0.1) is 5.92 Å². The minimum absolute atomic E-state index is 0. The van der Waals surface area contributed by atoms with Gasteiger partial charge in [-0.3, -0.25) is 4.99 Å². The summed E-state index contributed by atoms with van der Waals surface area (Å²) >= 11 is 0. The molecule has 1 atom stereocenters. The number of hydrogen-bond donors (Lipinski definition) is 2. The summed E-state index contributed by atoms with van der Waals surface area (Å²) in [5, 5.41) is 6.70. The van der Waals surface area contributed by atoms with Crippen LogP contribution in [0.25, 0.3) is 0 Å². The third-order valence-electron chi connectivity index (χ3n) is 4.03. The van der Waals surface area contributed by atoms with Gasteiger partial charge in [-0.25, -0.2) is 0 Å². The highest BCUT2D eigenvalue weighted by molar-refractivity contribution is 14.0. The van der Waals surface area contributed by atoms with E-state index in [1.807, 2.05) is 6.92 Å². The van der Waals surface area contributed by atoms with Crippen molar-refractivity contribution in [3.05, 3.63) is 0 Å². The molecule has 1 fully saturated rings. The second-order valence-electron chi connectivity index (χ2n) is 6.41. The number of halogens is 1. The van der Waals surface area contributed by atoms with Gasteiger partial charge in [0.05, 0.1) is 0 Å². The Labute approximate surface area is 165 Å². The smallest absolute Gasteiger partial charge is 0.191 e. The lowest BCUT2D eigenvalue weighted by atomic mass is 10.1. The Morgan fingerprint density at radius 3 is 2.50 bits per heavy atom. The maximum absolute atomic E-state index is 5.36. The molecule has 0 radical (unpaired) electrons. The molecule has 7 heteroatoms. The highest BCUT2D eigenvalue weighted by atomic mass is 127. The van der Waals surface area contributed by atoms with E-state index in [2.05, 4.69) is 41.3 Å². The second-order valence-corrected chi connectivity index (χ2v) is 6.41. The van der Waals surface area contributed by atoms with E-state index in [4.69, 9.17) is 9.73 Å². The van der Waals surface area contributed by atoms with E-state index in [0.29, 0.717) is 5.92 Å². The normalized spacial score (nSPS) is 18.1. The fraction of sp³-hybridized carbons (Fsp3) is 0.941. The monoisotopic (exact) mass is 455 g/mol. The summed E-state index contributed by atoms with van der Waals surface area (Å²) in [5.74, 6) is 1.51. The van der Waals surface area contributed by atoms with Gasteiger partial charge in [-0.1, -0.05) is 6.92 Å². The third-order valence-corrected chi connectivity index (χ3v) is 4.03. The van der Waals surface area contributed by atoms with Crippen molar-refractivity contribution in [3.63, 3.8) is 0 Å².